The summed E-state index contributed by atoms with van der Waals surface area (Å²) in [4.78, 5) is 19.8. The number of carbonyl (C=O) groups is 1. The molecule has 1 saturated heterocycles. The fourth-order valence-corrected chi connectivity index (χ4v) is 1.98. The van der Waals surface area contributed by atoms with Crippen molar-refractivity contribution in [2.75, 3.05) is 6.54 Å². The lowest BCUT2D eigenvalue weighted by atomic mass is 10.1. The molecule has 0 bridgehead atoms. The molecule has 0 saturated carbocycles. The maximum atomic E-state index is 11.9. The van der Waals surface area contributed by atoms with Gasteiger partial charge in [-0.15, -0.1) is 0 Å². The molecule has 1 unspecified atom stereocenters. The molecule has 1 aliphatic heterocycles. The summed E-state index contributed by atoms with van der Waals surface area (Å²) in [5.74, 6) is 0.0745. The van der Waals surface area contributed by atoms with E-state index in [0.29, 0.717) is 6.54 Å². The van der Waals surface area contributed by atoms with E-state index in [1.807, 2.05) is 0 Å². The molecule has 1 aliphatic rings. The van der Waals surface area contributed by atoms with Crippen molar-refractivity contribution >= 4 is 5.91 Å². The SMILES string of the molecule is O=C(NCc1ccncn1)C1CCCCCN1. The summed E-state index contributed by atoms with van der Waals surface area (Å²) in [5, 5.41) is 6.18. The van der Waals surface area contributed by atoms with Crippen molar-refractivity contribution in [1.82, 2.24) is 20.6 Å². The Morgan fingerprint density at radius 3 is 3.24 bits per heavy atom. The van der Waals surface area contributed by atoms with E-state index >= 15 is 0 Å². The molecule has 17 heavy (non-hydrogen) atoms. The topological polar surface area (TPSA) is 66.9 Å². The molecule has 1 fully saturated rings. The normalized spacial score (nSPS) is 20.6. The Balaban J connectivity index is 1.80. The van der Waals surface area contributed by atoms with Gasteiger partial charge in [-0.05, 0) is 25.5 Å². The molecular weight excluding hydrogens is 216 g/mol. The Labute approximate surface area is 101 Å². The Hall–Kier alpha value is -1.49. The number of amides is 1. The lowest BCUT2D eigenvalue weighted by Gasteiger charge is -2.15. The van der Waals surface area contributed by atoms with Crippen LogP contribution in [0.5, 0.6) is 0 Å². The average molecular weight is 234 g/mol. The van der Waals surface area contributed by atoms with Crippen molar-refractivity contribution in [1.29, 1.82) is 0 Å². The van der Waals surface area contributed by atoms with Gasteiger partial charge < -0.3 is 10.6 Å². The molecule has 1 aromatic rings. The molecule has 1 aromatic heterocycles. The van der Waals surface area contributed by atoms with Crippen molar-refractivity contribution in [2.24, 2.45) is 0 Å². The molecule has 1 amide bonds. The van der Waals surface area contributed by atoms with Gasteiger partial charge in [0, 0.05) is 6.20 Å². The van der Waals surface area contributed by atoms with E-state index in [-0.39, 0.29) is 11.9 Å². The minimum absolute atomic E-state index is 0.0423. The van der Waals surface area contributed by atoms with E-state index in [1.165, 1.54) is 12.7 Å². The number of hydrogen-bond donors (Lipinski definition) is 2. The van der Waals surface area contributed by atoms with Crippen LogP contribution in [-0.2, 0) is 11.3 Å². The molecule has 0 spiro atoms. The van der Waals surface area contributed by atoms with E-state index < -0.39 is 0 Å². The fraction of sp³-hybridized carbons (Fsp3) is 0.583. The minimum Gasteiger partial charge on any atom is -0.349 e. The van der Waals surface area contributed by atoms with Crippen LogP contribution in [0.3, 0.4) is 0 Å². The zero-order valence-corrected chi connectivity index (χ0v) is 9.85. The lowest BCUT2D eigenvalue weighted by molar-refractivity contribution is -0.123. The van der Waals surface area contributed by atoms with Gasteiger partial charge in [-0.2, -0.15) is 0 Å². The van der Waals surface area contributed by atoms with Crippen LogP contribution in [0.25, 0.3) is 0 Å². The zero-order chi connectivity index (χ0) is 11.9. The van der Waals surface area contributed by atoms with Gasteiger partial charge in [0.2, 0.25) is 5.91 Å². The first-order valence-electron chi connectivity index (χ1n) is 6.12. The first kappa shape index (κ1) is 12.0. The highest BCUT2D eigenvalue weighted by atomic mass is 16.2. The van der Waals surface area contributed by atoms with Crippen LogP contribution in [0.1, 0.15) is 31.4 Å². The summed E-state index contributed by atoms with van der Waals surface area (Å²) in [6.45, 7) is 1.41. The molecule has 2 heterocycles. The molecule has 0 aliphatic carbocycles. The first-order valence-corrected chi connectivity index (χ1v) is 6.12. The molecule has 92 valence electrons. The van der Waals surface area contributed by atoms with Crippen LogP contribution in [0.4, 0.5) is 0 Å². The van der Waals surface area contributed by atoms with Crippen LogP contribution < -0.4 is 10.6 Å². The average Bonchev–Trinajstić information content (AvgIpc) is 2.66. The van der Waals surface area contributed by atoms with Crippen molar-refractivity contribution in [3.63, 3.8) is 0 Å². The van der Waals surface area contributed by atoms with Crippen LogP contribution in [0, 0.1) is 0 Å². The van der Waals surface area contributed by atoms with Gasteiger partial charge in [0.1, 0.15) is 6.33 Å². The predicted octanol–water partition coefficient (Wildman–Crippen LogP) is 0.625. The molecule has 0 radical (unpaired) electrons. The molecular formula is C12H18N4O. The second-order valence-corrected chi connectivity index (χ2v) is 4.27. The van der Waals surface area contributed by atoms with E-state index in [1.54, 1.807) is 12.3 Å². The van der Waals surface area contributed by atoms with Crippen molar-refractivity contribution in [2.45, 2.75) is 38.3 Å². The zero-order valence-electron chi connectivity index (χ0n) is 9.85. The number of rotatable bonds is 3. The minimum atomic E-state index is -0.0423. The van der Waals surface area contributed by atoms with Crippen LogP contribution >= 0.6 is 0 Å². The van der Waals surface area contributed by atoms with Gasteiger partial charge in [0.05, 0.1) is 18.3 Å². The maximum Gasteiger partial charge on any atom is 0.237 e. The molecule has 0 aromatic carbocycles. The molecule has 5 nitrogen and oxygen atoms in total. The smallest absolute Gasteiger partial charge is 0.237 e. The second-order valence-electron chi connectivity index (χ2n) is 4.27. The van der Waals surface area contributed by atoms with E-state index in [9.17, 15) is 4.79 Å². The Morgan fingerprint density at radius 1 is 1.47 bits per heavy atom. The van der Waals surface area contributed by atoms with E-state index in [0.717, 1.165) is 31.5 Å². The van der Waals surface area contributed by atoms with Crippen LogP contribution in [0.2, 0.25) is 0 Å². The van der Waals surface area contributed by atoms with Gasteiger partial charge in [0.25, 0.3) is 0 Å². The van der Waals surface area contributed by atoms with Crippen molar-refractivity contribution in [3.05, 3.63) is 24.3 Å². The largest absolute Gasteiger partial charge is 0.349 e. The predicted molar refractivity (Wildman–Crippen MR) is 64.1 cm³/mol. The standard InChI is InChI=1S/C12H18N4O/c17-12(11-4-2-1-3-6-14-11)15-8-10-5-7-13-9-16-10/h5,7,9,11,14H,1-4,6,8H2,(H,15,17). The number of hydrogen-bond acceptors (Lipinski definition) is 4. The highest BCUT2D eigenvalue weighted by Crippen LogP contribution is 2.08. The fourth-order valence-electron chi connectivity index (χ4n) is 1.98. The van der Waals surface area contributed by atoms with Gasteiger partial charge in [-0.25, -0.2) is 9.97 Å². The van der Waals surface area contributed by atoms with Gasteiger partial charge >= 0.3 is 0 Å². The summed E-state index contributed by atoms with van der Waals surface area (Å²) in [6, 6.07) is 1.76. The maximum absolute atomic E-state index is 11.9. The number of nitrogens with zero attached hydrogens (tertiary/aromatic N) is 2. The molecule has 5 heteroatoms. The summed E-state index contributed by atoms with van der Waals surface area (Å²) < 4.78 is 0. The lowest BCUT2D eigenvalue weighted by Crippen LogP contribution is -2.43. The summed E-state index contributed by atoms with van der Waals surface area (Å²) in [5.41, 5.74) is 0.835. The molecule has 2 N–H and O–H groups in total. The van der Waals surface area contributed by atoms with Crippen LogP contribution in [0.15, 0.2) is 18.6 Å². The Kier molecular flexibility index (Phi) is 4.44. The third kappa shape index (κ3) is 3.78. The van der Waals surface area contributed by atoms with Crippen molar-refractivity contribution in [3.8, 4) is 0 Å². The van der Waals surface area contributed by atoms with Gasteiger partial charge in [-0.3, -0.25) is 4.79 Å². The number of aromatic nitrogens is 2. The summed E-state index contributed by atoms with van der Waals surface area (Å²) in [6.07, 6.45) is 7.59. The molecule has 1 atom stereocenters. The van der Waals surface area contributed by atoms with Gasteiger partial charge in [-0.1, -0.05) is 12.8 Å². The number of carbonyl (C=O) groups excluding carboxylic acids is 1. The first-order chi connectivity index (χ1) is 8.36. The quantitative estimate of drug-likeness (QED) is 0.805. The van der Waals surface area contributed by atoms with Gasteiger partial charge in [0.15, 0.2) is 0 Å². The summed E-state index contributed by atoms with van der Waals surface area (Å²) in [7, 11) is 0. The highest BCUT2D eigenvalue weighted by Gasteiger charge is 2.18. The monoisotopic (exact) mass is 234 g/mol. The summed E-state index contributed by atoms with van der Waals surface area (Å²) >= 11 is 0. The van der Waals surface area contributed by atoms with E-state index in [2.05, 4.69) is 20.6 Å². The third-order valence-corrected chi connectivity index (χ3v) is 2.96. The highest BCUT2D eigenvalue weighted by molar-refractivity contribution is 5.81. The van der Waals surface area contributed by atoms with Crippen LogP contribution in [-0.4, -0.2) is 28.5 Å². The number of nitrogens with one attached hydrogen (secondary N) is 2. The second kappa shape index (κ2) is 6.30. The Bertz CT molecular complexity index is 347. The van der Waals surface area contributed by atoms with E-state index in [4.69, 9.17) is 0 Å². The molecule has 2 rings (SSSR count). The third-order valence-electron chi connectivity index (χ3n) is 2.96. The van der Waals surface area contributed by atoms with Crippen molar-refractivity contribution < 1.29 is 4.79 Å². The Morgan fingerprint density at radius 2 is 2.41 bits per heavy atom.